The van der Waals surface area contributed by atoms with Gasteiger partial charge in [-0.05, 0) is 37.0 Å². The molecule has 0 amide bonds. The highest BCUT2D eigenvalue weighted by Gasteiger charge is 2.09. The number of halogens is 2. The van der Waals surface area contributed by atoms with Crippen LogP contribution >= 0.6 is 11.6 Å². The highest BCUT2D eigenvalue weighted by molar-refractivity contribution is 6.30. The third-order valence-electron chi connectivity index (χ3n) is 2.60. The topological polar surface area (TPSA) is 47.3 Å². The summed E-state index contributed by atoms with van der Waals surface area (Å²) in [5, 5.41) is 0.144. The zero-order valence-corrected chi connectivity index (χ0v) is 10.6. The summed E-state index contributed by atoms with van der Waals surface area (Å²) in [6.07, 6.45) is 2.48. The van der Waals surface area contributed by atoms with Gasteiger partial charge in [0.2, 0.25) is 0 Å². The molecule has 0 heterocycles. The Bertz CT molecular complexity index is 349. The Labute approximate surface area is 106 Å². The number of nitrogens with two attached hydrogens (primary N) is 1. The van der Waals surface area contributed by atoms with Crippen LogP contribution in [0.25, 0.3) is 0 Å². The van der Waals surface area contributed by atoms with E-state index in [1.54, 1.807) is 13.2 Å². The van der Waals surface area contributed by atoms with Crippen LogP contribution in [0.4, 0.5) is 4.39 Å². The summed E-state index contributed by atoms with van der Waals surface area (Å²) in [6.45, 7) is 0.702. The Morgan fingerprint density at radius 3 is 2.88 bits per heavy atom. The second kappa shape index (κ2) is 7.61. The van der Waals surface area contributed by atoms with Gasteiger partial charge in [0.25, 0.3) is 0 Å². The number of nitrogens with one attached hydrogen (secondary N) is 1. The highest BCUT2D eigenvalue weighted by Crippen LogP contribution is 2.17. The minimum absolute atomic E-state index is 0.116. The molecule has 1 aromatic carbocycles. The van der Waals surface area contributed by atoms with E-state index in [1.807, 2.05) is 6.07 Å². The SMILES string of the molecule is COCCCC(Cc1ccc(Cl)c(F)c1)NN. The Kier molecular flexibility index (Phi) is 6.44. The second-order valence-corrected chi connectivity index (χ2v) is 4.36. The summed E-state index contributed by atoms with van der Waals surface area (Å²) < 4.78 is 18.2. The van der Waals surface area contributed by atoms with Crippen molar-refractivity contribution < 1.29 is 9.13 Å². The number of methoxy groups -OCH3 is 1. The molecule has 3 N–H and O–H groups in total. The van der Waals surface area contributed by atoms with Gasteiger partial charge in [0.15, 0.2) is 0 Å². The van der Waals surface area contributed by atoms with E-state index >= 15 is 0 Å². The first-order chi connectivity index (χ1) is 8.17. The highest BCUT2D eigenvalue weighted by atomic mass is 35.5. The summed E-state index contributed by atoms with van der Waals surface area (Å²) in [6, 6.07) is 4.94. The number of benzene rings is 1. The lowest BCUT2D eigenvalue weighted by Crippen LogP contribution is -2.36. The van der Waals surface area contributed by atoms with Crippen LogP contribution in [0.15, 0.2) is 18.2 Å². The molecular weight excluding hydrogens is 243 g/mol. The Morgan fingerprint density at radius 2 is 2.29 bits per heavy atom. The van der Waals surface area contributed by atoms with Crippen LogP contribution < -0.4 is 11.3 Å². The average Bonchev–Trinajstić information content (AvgIpc) is 2.32. The van der Waals surface area contributed by atoms with Crippen molar-refractivity contribution in [3.63, 3.8) is 0 Å². The van der Waals surface area contributed by atoms with Crippen molar-refractivity contribution in [1.29, 1.82) is 0 Å². The molecule has 0 spiro atoms. The molecule has 0 aromatic heterocycles. The molecule has 0 radical (unpaired) electrons. The molecule has 1 unspecified atom stereocenters. The van der Waals surface area contributed by atoms with Gasteiger partial charge < -0.3 is 4.74 Å². The maximum atomic E-state index is 13.2. The molecule has 1 aromatic rings. The molecular formula is C12H18ClFN2O. The first-order valence-electron chi connectivity index (χ1n) is 5.56. The van der Waals surface area contributed by atoms with Crippen LogP contribution in [-0.2, 0) is 11.2 Å². The van der Waals surface area contributed by atoms with Crippen LogP contribution in [0.3, 0.4) is 0 Å². The van der Waals surface area contributed by atoms with E-state index < -0.39 is 5.82 Å². The molecule has 96 valence electrons. The minimum atomic E-state index is -0.392. The third kappa shape index (κ3) is 5.00. The van der Waals surface area contributed by atoms with Crippen molar-refractivity contribution >= 4 is 11.6 Å². The third-order valence-corrected chi connectivity index (χ3v) is 2.91. The van der Waals surface area contributed by atoms with E-state index in [0.29, 0.717) is 13.0 Å². The molecule has 0 aliphatic rings. The van der Waals surface area contributed by atoms with Crippen LogP contribution in [0, 0.1) is 5.82 Å². The number of hydrogen-bond acceptors (Lipinski definition) is 3. The molecule has 17 heavy (non-hydrogen) atoms. The zero-order valence-electron chi connectivity index (χ0n) is 9.88. The van der Waals surface area contributed by atoms with Crippen molar-refractivity contribution in [2.24, 2.45) is 5.84 Å². The van der Waals surface area contributed by atoms with Crippen molar-refractivity contribution in [1.82, 2.24) is 5.43 Å². The largest absolute Gasteiger partial charge is 0.385 e. The summed E-state index contributed by atoms with van der Waals surface area (Å²) in [4.78, 5) is 0. The van der Waals surface area contributed by atoms with E-state index in [-0.39, 0.29) is 11.1 Å². The molecule has 0 saturated heterocycles. The second-order valence-electron chi connectivity index (χ2n) is 3.95. The number of ether oxygens (including phenoxy) is 1. The predicted molar refractivity (Wildman–Crippen MR) is 67.3 cm³/mol. The molecule has 0 saturated carbocycles. The predicted octanol–water partition coefficient (Wildman–Crippen LogP) is 2.28. The first-order valence-corrected chi connectivity index (χ1v) is 5.94. The Balaban J connectivity index is 2.51. The molecule has 5 heteroatoms. The maximum Gasteiger partial charge on any atom is 0.142 e. The molecule has 3 nitrogen and oxygen atoms in total. The van der Waals surface area contributed by atoms with Gasteiger partial charge in [0.05, 0.1) is 5.02 Å². The molecule has 0 bridgehead atoms. The quantitative estimate of drug-likeness (QED) is 0.449. The van der Waals surface area contributed by atoms with Crippen LogP contribution in [-0.4, -0.2) is 19.8 Å². The zero-order chi connectivity index (χ0) is 12.7. The number of hydrazine groups is 1. The van der Waals surface area contributed by atoms with Crippen LogP contribution in [0.2, 0.25) is 5.02 Å². The maximum absolute atomic E-state index is 13.2. The molecule has 0 aliphatic carbocycles. The number of rotatable bonds is 7. The van der Waals surface area contributed by atoms with Gasteiger partial charge in [0, 0.05) is 19.8 Å². The van der Waals surface area contributed by atoms with E-state index in [9.17, 15) is 4.39 Å². The molecule has 1 atom stereocenters. The van der Waals surface area contributed by atoms with E-state index in [2.05, 4.69) is 5.43 Å². The summed E-state index contributed by atoms with van der Waals surface area (Å²) in [7, 11) is 1.67. The first kappa shape index (κ1) is 14.4. The van der Waals surface area contributed by atoms with Gasteiger partial charge in [-0.15, -0.1) is 0 Å². The van der Waals surface area contributed by atoms with Gasteiger partial charge in [-0.2, -0.15) is 0 Å². The molecule has 1 rings (SSSR count). The lowest BCUT2D eigenvalue weighted by molar-refractivity contribution is 0.188. The summed E-state index contributed by atoms with van der Waals surface area (Å²) in [5.41, 5.74) is 3.61. The van der Waals surface area contributed by atoms with Gasteiger partial charge in [0.1, 0.15) is 5.82 Å². The molecule has 0 aliphatic heterocycles. The fourth-order valence-corrected chi connectivity index (χ4v) is 1.79. The molecule has 0 fully saturated rings. The van der Waals surface area contributed by atoms with Gasteiger partial charge in [-0.1, -0.05) is 17.7 Å². The van der Waals surface area contributed by atoms with Crippen molar-refractivity contribution in [3.05, 3.63) is 34.6 Å². The van der Waals surface area contributed by atoms with Crippen LogP contribution in [0.5, 0.6) is 0 Å². The van der Waals surface area contributed by atoms with E-state index in [4.69, 9.17) is 22.2 Å². The van der Waals surface area contributed by atoms with Crippen molar-refractivity contribution in [2.75, 3.05) is 13.7 Å². The monoisotopic (exact) mass is 260 g/mol. The minimum Gasteiger partial charge on any atom is -0.385 e. The fraction of sp³-hybridized carbons (Fsp3) is 0.500. The van der Waals surface area contributed by atoms with Gasteiger partial charge >= 0.3 is 0 Å². The van der Waals surface area contributed by atoms with Gasteiger partial charge in [-0.25, -0.2) is 4.39 Å². The summed E-state index contributed by atoms with van der Waals surface area (Å²) >= 11 is 5.62. The normalized spacial score (nSPS) is 12.7. The van der Waals surface area contributed by atoms with E-state index in [1.165, 1.54) is 6.07 Å². The van der Waals surface area contributed by atoms with E-state index in [0.717, 1.165) is 18.4 Å². The van der Waals surface area contributed by atoms with Crippen LogP contribution in [0.1, 0.15) is 18.4 Å². The average molecular weight is 261 g/mol. The van der Waals surface area contributed by atoms with Gasteiger partial charge in [-0.3, -0.25) is 11.3 Å². The number of hydrogen-bond donors (Lipinski definition) is 2. The fourth-order valence-electron chi connectivity index (χ4n) is 1.67. The standard InChI is InChI=1S/C12H18ClFN2O/c1-17-6-2-3-10(16-15)7-9-4-5-11(13)12(14)8-9/h4-5,8,10,16H,2-3,6-7,15H2,1H3. The lowest BCUT2D eigenvalue weighted by atomic mass is 10.0. The Morgan fingerprint density at radius 1 is 1.53 bits per heavy atom. The lowest BCUT2D eigenvalue weighted by Gasteiger charge is -2.15. The van der Waals surface area contributed by atoms with Crippen molar-refractivity contribution in [2.45, 2.75) is 25.3 Å². The Hall–Kier alpha value is -0.680. The van der Waals surface area contributed by atoms with Crippen molar-refractivity contribution in [3.8, 4) is 0 Å². The summed E-state index contributed by atoms with van der Waals surface area (Å²) in [5.74, 6) is 5.07. The smallest absolute Gasteiger partial charge is 0.142 e.